The second-order valence-electron chi connectivity index (χ2n) is 6.01. The van der Waals surface area contributed by atoms with Crippen LogP contribution in [-0.2, 0) is 13.6 Å². The van der Waals surface area contributed by atoms with Crippen LogP contribution >= 0.6 is 0 Å². The van der Waals surface area contributed by atoms with Crippen molar-refractivity contribution in [2.75, 3.05) is 7.11 Å². The van der Waals surface area contributed by atoms with Gasteiger partial charge in [-0.2, -0.15) is 10.2 Å². The van der Waals surface area contributed by atoms with Crippen molar-refractivity contribution in [3.63, 3.8) is 0 Å². The van der Waals surface area contributed by atoms with Gasteiger partial charge in [0, 0.05) is 36.8 Å². The summed E-state index contributed by atoms with van der Waals surface area (Å²) in [7, 11) is 3.58. The second kappa shape index (κ2) is 6.47. The van der Waals surface area contributed by atoms with Gasteiger partial charge in [-0.25, -0.2) is 14.6 Å². The van der Waals surface area contributed by atoms with E-state index in [2.05, 4.69) is 26.2 Å². The van der Waals surface area contributed by atoms with E-state index in [1.165, 1.54) is 6.33 Å². The van der Waals surface area contributed by atoms with Crippen molar-refractivity contribution in [1.82, 2.24) is 34.1 Å². The highest BCUT2D eigenvalue weighted by molar-refractivity contribution is 5.62. The molecular formula is C18H19N7O. The van der Waals surface area contributed by atoms with E-state index in [4.69, 9.17) is 4.74 Å². The Kier molecular flexibility index (Phi) is 4.00. The minimum Gasteiger partial charge on any atom is -0.496 e. The SMILES string of the molecule is COc1ccc(-c2nccn2-c2cn(C)nc2C)cc1Cn1cncn1. The van der Waals surface area contributed by atoms with Crippen LogP contribution in [0.15, 0.2) is 49.4 Å². The summed E-state index contributed by atoms with van der Waals surface area (Å²) in [4.78, 5) is 8.55. The molecule has 0 aliphatic rings. The van der Waals surface area contributed by atoms with Crippen LogP contribution in [0.4, 0.5) is 0 Å². The summed E-state index contributed by atoms with van der Waals surface area (Å²) in [5.74, 6) is 1.66. The molecule has 4 rings (SSSR count). The quantitative estimate of drug-likeness (QED) is 0.552. The Morgan fingerprint density at radius 3 is 2.81 bits per heavy atom. The van der Waals surface area contributed by atoms with Gasteiger partial charge in [0.2, 0.25) is 0 Å². The zero-order valence-electron chi connectivity index (χ0n) is 14.9. The Morgan fingerprint density at radius 2 is 2.12 bits per heavy atom. The predicted molar refractivity (Wildman–Crippen MR) is 96.2 cm³/mol. The van der Waals surface area contributed by atoms with Crippen molar-refractivity contribution < 1.29 is 4.74 Å². The highest BCUT2D eigenvalue weighted by Gasteiger charge is 2.14. The molecule has 0 saturated heterocycles. The van der Waals surface area contributed by atoms with Crippen molar-refractivity contribution in [3.8, 4) is 22.8 Å². The van der Waals surface area contributed by atoms with E-state index in [1.807, 2.05) is 43.1 Å². The number of nitrogens with zero attached hydrogens (tertiary/aromatic N) is 7. The Morgan fingerprint density at radius 1 is 1.23 bits per heavy atom. The molecule has 0 amide bonds. The van der Waals surface area contributed by atoms with Gasteiger partial charge in [-0.05, 0) is 25.1 Å². The standard InChI is InChI=1S/C18H19N7O/c1-13-16(10-23(2)22-13)25-7-6-20-18(25)14-4-5-17(26-3)15(8-14)9-24-12-19-11-21-24/h4-8,10-12H,9H2,1-3H3. The van der Waals surface area contributed by atoms with Gasteiger partial charge in [-0.1, -0.05) is 0 Å². The molecule has 3 aromatic heterocycles. The molecule has 0 bridgehead atoms. The number of ether oxygens (including phenoxy) is 1. The van der Waals surface area contributed by atoms with Crippen molar-refractivity contribution in [2.45, 2.75) is 13.5 Å². The first-order valence-corrected chi connectivity index (χ1v) is 8.19. The van der Waals surface area contributed by atoms with Gasteiger partial charge >= 0.3 is 0 Å². The van der Waals surface area contributed by atoms with Crippen LogP contribution in [0.5, 0.6) is 5.75 Å². The first kappa shape index (κ1) is 16.1. The summed E-state index contributed by atoms with van der Waals surface area (Å²) in [6.07, 6.45) is 8.93. The third kappa shape index (κ3) is 2.85. The summed E-state index contributed by atoms with van der Waals surface area (Å²) in [6.45, 7) is 2.56. The molecule has 4 aromatic rings. The summed E-state index contributed by atoms with van der Waals surface area (Å²) in [6, 6.07) is 6.04. The Balaban J connectivity index is 1.77. The fourth-order valence-corrected chi connectivity index (χ4v) is 3.07. The molecule has 1 aromatic carbocycles. The predicted octanol–water partition coefficient (Wildman–Crippen LogP) is 2.23. The maximum Gasteiger partial charge on any atom is 0.144 e. The van der Waals surface area contributed by atoms with Gasteiger partial charge in [0.1, 0.15) is 24.2 Å². The van der Waals surface area contributed by atoms with Crippen LogP contribution in [0, 0.1) is 6.92 Å². The molecule has 0 unspecified atom stereocenters. The van der Waals surface area contributed by atoms with Gasteiger partial charge in [0.25, 0.3) is 0 Å². The lowest BCUT2D eigenvalue weighted by atomic mass is 10.1. The topological polar surface area (TPSA) is 75.6 Å². The van der Waals surface area contributed by atoms with Crippen LogP contribution in [0.1, 0.15) is 11.3 Å². The number of aryl methyl sites for hydroxylation is 2. The molecule has 0 spiro atoms. The monoisotopic (exact) mass is 349 g/mol. The number of imidazole rings is 1. The lowest BCUT2D eigenvalue weighted by Gasteiger charge is -2.12. The van der Waals surface area contributed by atoms with Crippen molar-refractivity contribution in [3.05, 3.63) is 60.7 Å². The summed E-state index contributed by atoms with van der Waals surface area (Å²) in [5.41, 5.74) is 3.96. The van der Waals surface area contributed by atoms with Gasteiger partial charge in [-0.3, -0.25) is 9.25 Å². The fraction of sp³-hybridized carbons (Fsp3) is 0.222. The fourth-order valence-electron chi connectivity index (χ4n) is 3.07. The molecule has 3 heterocycles. The molecule has 0 aliphatic carbocycles. The summed E-state index contributed by atoms with van der Waals surface area (Å²) < 4.78 is 11.1. The smallest absolute Gasteiger partial charge is 0.144 e. The maximum atomic E-state index is 5.50. The maximum absolute atomic E-state index is 5.50. The number of benzene rings is 1. The third-order valence-corrected chi connectivity index (χ3v) is 4.23. The van der Waals surface area contributed by atoms with Gasteiger partial charge in [0.05, 0.1) is 25.0 Å². The number of methoxy groups -OCH3 is 1. The van der Waals surface area contributed by atoms with E-state index in [0.29, 0.717) is 6.54 Å². The normalized spacial score (nSPS) is 11.0. The van der Waals surface area contributed by atoms with E-state index >= 15 is 0 Å². The average Bonchev–Trinajstić information content (AvgIpc) is 3.36. The molecule has 0 radical (unpaired) electrons. The number of rotatable bonds is 5. The van der Waals surface area contributed by atoms with Crippen LogP contribution < -0.4 is 4.74 Å². The first-order valence-electron chi connectivity index (χ1n) is 8.19. The number of hydrogen-bond acceptors (Lipinski definition) is 5. The Bertz CT molecular complexity index is 1030. The first-order chi connectivity index (χ1) is 12.7. The second-order valence-corrected chi connectivity index (χ2v) is 6.01. The molecule has 8 nitrogen and oxygen atoms in total. The minimum atomic E-state index is 0.573. The highest BCUT2D eigenvalue weighted by atomic mass is 16.5. The van der Waals surface area contributed by atoms with Crippen molar-refractivity contribution >= 4 is 0 Å². The van der Waals surface area contributed by atoms with Crippen LogP contribution in [-0.4, -0.2) is 41.2 Å². The molecule has 8 heteroatoms. The Labute approximate surface area is 150 Å². The molecular weight excluding hydrogens is 330 g/mol. The zero-order chi connectivity index (χ0) is 18.1. The van der Waals surface area contributed by atoms with E-state index in [0.717, 1.165) is 34.1 Å². The number of hydrogen-bond donors (Lipinski definition) is 0. The Hall–Kier alpha value is -3.42. The molecule has 132 valence electrons. The van der Waals surface area contributed by atoms with Crippen LogP contribution in [0.3, 0.4) is 0 Å². The third-order valence-electron chi connectivity index (χ3n) is 4.23. The van der Waals surface area contributed by atoms with Gasteiger partial charge < -0.3 is 4.74 Å². The highest BCUT2D eigenvalue weighted by Crippen LogP contribution is 2.28. The molecule has 0 atom stereocenters. The number of aromatic nitrogens is 7. The van der Waals surface area contributed by atoms with E-state index in [-0.39, 0.29) is 0 Å². The summed E-state index contributed by atoms with van der Waals surface area (Å²) >= 11 is 0. The van der Waals surface area contributed by atoms with Crippen molar-refractivity contribution in [1.29, 1.82) is 0 Å². The van der Waals surface area contributed by atoms with Crippen molar-refractivity contribution in [2.24, 2.45) is 7.05 Å². The lowest BCUT2D eigenvalue weighted by molar-refractivity contribution is 0.407. The average molecular weight is 349 g/mol. The van der Waals surface area contributed by atoms with Gasteiger partial charge in [0.15, 0.2) is 0 Å². The van der Waals surface area contributed by atoms with Crippen LogP contribution in [0.2, 0.25) is 0 Å². The lowest BCUT2D eigenvalue weighted by Crippen LogP contribution is -2.03. The van der Waals surface area contributed by atoms with Crippen LogP contribution in [0.25, 0.3) is 17.1 Å². The van der Waals surface area contributed by atoms with E-state index in [9.17, 15) is 0 Å². The van der Waals surface area contributed by atoms with E-state index < -0.39 is 0 Å². The zero-order valence-corrected chi connectivity index (χ0v) is 14.9. The summed E-state index contributed by atoms with van der Waals surface area (Å²) in [5, 5.41) is 8.60. The van der Waals surface area contributed by atoms with E-state index in [1.54, 1.807) is 29.0 Å². The molecule has 0 fully saturated rings. The minimum absolute atomic E-state index is 0.573. The molecule has 0 saturated carbocycles. The molecule has 0 aliphatic heterocycles. The largest absolute Gasteiger partial charge is 0.496 e. The van der Waals surface area contributed by atoms with Gasteiger partial charge in [-0.15, -0.1) is 0 Å². The molecule has 26 heavy (non-hydrogen) atoms. The molecule has 0 N–H and O–H groups in total.